The number of fused-ring (bicyclic) bond motifs is 1. The van der Waals surface area contributed by atoms with Gasteiger partial charge in [0, 0.05) is 0 Å². The van der Waals surface area contributed by atoms with Gasteiger partial charge >= 0.3 is 0 Å². The molecule has 0 bridgehead atoms. The third-order valence-corrected chi connectivity index (χ3v) is 3.86. The molecule has 2 atom stereocenters. The molecule has 0 radical (unpaired) electrons. The molecule has 1 aromatic rings. The van der Waals surface area contributed by atoms with E-state index < -0.39 is 0 Å². The first-order valence-electron chi connectivity index (χ1n) is 6.20. The summed E-state index contributed by atoms with van der Waals surface area (Å²) in [5.74, 6) is 2.08. The van der Waals surface area contributed by atoms with Crippen molar-refractivity contribution >= 4 is 0 Å². The van der Waals surface area contributed by atoms with Crippen molar-refractivity contribution in [2.75, 3.05) is 0 Å². The van der Waals surface area contributed by atoms with Crippen LogP contribution in [0.2, 0.25) is 0 Å². The zero-order valence-electron chi connectivity index (χ0n) is 11.0. The second-order valence-electron chi connectivity index (χ2n) is 6.43. The van der Waals surface area contributed by atoms with Crippen molar-refractivity contribution in [3.05, 3.63) is 23.5 Å². The Balaban J connectivity index is 2.44. The SMILES string of the molecule is CC(C)C1Cc2cnncc2C1C(C)(C)C. The summed E-state index contributed by atoms with van der Waals surface area (Å²) >= 11 is 0. The molecule has 2 rings (SSSR count). The van der Waals surface area contributed by atoms with Crippen LogP contribution in [0.15, 0.2) is 12.4 Å². The molecule has 1 heterocycles. The number of hydrogen-bond acceptors (Lipinski definition) is 2. The molecule has 0 N–H and O–H groups in total. The van der Waals surface area contributed by atoms with Gasteiger partial charge in [0.25, 0.3) is 0 Å². The van der Waals surface area contributed by atoms with E-state index in [-0.39, 0.29) is 0 Å². The maximum absolute atomic E-state index is 4.06. The highest BCUT2D eigenvalue weighted by Gasteiger charge is 2.41. The molecule has 2 heteroatoms. The first-order chi connectivity index (χ1) is 7.41. The van der Waals surface area contributed by atoms with Gasteiger partial charge in [0.2, 0.25) is 0 Å². The van der Waals surface area contributed by atoms with Crippen molar-refractivity contribution in [2.24, 2.45) is 17.3 Å². The van der Waals surface area contributed by atoms with Crippen molar-refractivity contribution in [3.8, 4) is 0 Å². The van der Waals surface area contributed by atoms with Crippen LogP contribution in [0.25, 0.3) is 0 Å². The molecular formula is C14H22N2. The Morgan fingerprint density at radius 3 is 2.38 bits per heavy atom. The minimum atomic E-state index is 0.309. The summed E-state index contributed by atoms with van der Waals surface area (Å²) in [6.45, 7) is 11.7. The first kappa shape index (κ1) is 11.6. The fourth-order valence-electron chi connectivity index (χ4n) is 3.14. The van der Waals surface area contributed by atoms with E-state index in [4.69, 9.17) is 0 Å². The standard InChI is InChI=1S/C14H22N2/c1-9(2)11-6-10-7-15-16-8-12(10)13(11)14(3,4)5/h7-9,11,13H,6H2,1-5H3. The van der Waals surface area contributed by atoms with Gasteiger partial charge in [0.15, 0.2) is 0 Å². The predicted octanol–water partition coefficient (Wildman–Crippen LogP) is 3.43. The molecule has 88 valence electrons. The van der Waals surface area contributed by atoms with Crippen LogP contribution in [-0.2, 0) is 6.42 Å². The first-order valence-corrected chi connectivity index (χ1v) is 6.20. The average molecular weight is 218 g/mol. The maximum Gasteiger partial charge on any atom is 0.0534 e. The van der Waals surface area contributed by atoms with Gasteiger partial charge in [-0.1, -0.05) is 34.6 Å². The fourth-order valence-corrected chi connectivity index (χ4v) is 3.14. The van der Waals surface area contributed by atoms with Crippen molar-refractivity contribution in [3.63, 3.8) is 0 Å². The lowest BCUT2D eigenvalue weighted by molar-refractivity contribution is 0.208. The van der Waals surface area contributed by atoms with Gasteiger partial charge < -0.3 is 0 Å². The molecule has 0 spiro atoms. The molecule has 0 saturated heterocycles. The molecule has 1 aromatic heterocycles. The summed E-state index contributed by atoms with van der Waals surface area (Å²) in [7, 11) is 0. The largest absolute Gasteiger partial charge is 0.159 e. The van der Waals surface area contributed by atoms with Crippen LogP contribution in [0.4, 0.5) is 0 Å². The van der Waals surface area contributed by atoms with E-state index in [1.54, 1.807) is 0 Å². The Morgan fingerprint density at radius 2 is 1.81 bits per heavy atom. The van der Waals surface area contributed by atoms with Gasteiger partial charge in [-0.15, -0.1) is 0 Å². The van der Waals surface area contributed by atoms with Crippen LogP contribution in [0.3, 0.4) is 0 Å². The smallest absolute Gasteiger partial charge is 0.0534 e. The zero-order valence-corrected chi connectivity index (χ0v) is 11.0. The van der Waals surface area contributed by atoms with Crippen LogP contribution in [0.5, 0.6) is 0 Å². The lowest BCUT2D eigenvalue weighted by Gasteiger charge is -2.35. The summed E-state index contributed by atoms with van der Waals surface area (Å²) in [6.07, 6.45) is 5.11. The fraction of sp³-hybridized carbons (Fsp3) is 0.714. The van der Waals surface area contributed by atoms with Gasteiger partial charge in [-0.25, -0.2) is 0 Å². The molecule has 16 heavy (non-hydrogen) atoms. The summed E-state index contributed by atoms with van der Waals surface area (Å²) in [6, 6.07) is 0. The molecule has 0 fully saturated rings. The second-order valence-corrected chi connectivity index (χ2v) is 6.43. The Labute approximate surface area is 98.5 Å². The molecular weight excluding hydrogens is 196 g/mol. The van der Waals surface area contributed by atoms with Gasteiger partial charge in [0.05, 0.1) is 12.4 Å². The van der Waals surface area contributed by atoms with Crippen molar-refractivity contribution < 1.29 is 0 Å². The highest BCUT2D eigenvalue weighted by Crippen LogP contribution is 2.50. The summed E-state index contributed by atoms with van der Waals surface area (Å²) in [5.41, 5.74) is 3.15. The van der Waals surface area contributed by atoms with E-state index in [9.17, 15) is 0 Å². The number of rotatable bonds is 1. The van der Waals surface area contributed by atoms with Gasteiger partial charge in [-0.05, 0) is 40.7 Å². The van der Waals surface area contributed by atoms with E-state index in [1.807, 2.05) is 12.4 Å². The molecule has 1 aliphatic rings. The Hall–Kier alpha value is -0.920. The van der Waals surface area contributed by atoms with Crippen LogP contribution in [0.1, 0.15) is 51.7 Å². The lowest BCUT2D eigenvalue weighted by Crippen LogP contribution is -2.26. The molecule has 0 amide bonds. The van der Waals surface area contributed by atoms with E-state index in [0.29, 0.717) is 11.3 Å². The highest BCUT2D eigenvalue weighted by molar-refractivity contribution is 5.33. The van der Waals surface area contributed by atoms with E-state index in [1.165, 1.54) is 17.5 Å². The Bertz CT molecular complexity index is 377. The third-order valence-electron chi connectivity index (χ3n) is 3.86. The van der Waals surface area contributed by atoms with Gasteiger partial charge in [-0.2, -0.15) is 10.2 Å². The Kier molecular flexibility index (Phi) is 2.77. The minimum absolute atomic E-state index is 0.309. The molecule has 2 unspecified atom stereocenters. The molecule has 0 saturated carbocycles. The number of nitrogens with zero attached hydrogens (tertiary/aromatic N) is 2. The van der Waals surface area contributed by atoms with E-state index in [0.717, 1.165) is 11.8 Å². The monoisotopic (exact) mass is 218 g/mol. The molecule has 1 aliphatic carbocycles. The van der Waals surface area contributed by atoms with E-state index >= 15 is 0 Å². The average Bonchev–Trinajstić information content (AvgIpc) is 2.55. The maximum atomic E-state index is 4.06. The van der Waals surface area contributed by atoms with Crippen LogP contribution < -0.4 is 0 Å². The van der Waals surface area contributed by atoms with Crippen LogP contribution in [-0.4, -0.2) is 10.2 Å². The molecule has 2 nitrogen and oxygen atoms in total. The molecule has 0 aliphatic heterocycles. The van der Waals surface area contributed by atoms with Gasteiger partial charge in [0.1, 0.15) is 0 Å². The van der Waals surface area contributed by atoms with Crippen LogP contribution >= 0.6 is 0 Å². The van der Waals surface area contributed by atoms with E-state index in [2.05, 4.69) is 44.8 Å². The predicted molar refractivity (Wildman–Crippen MR) is 66.3 cm³/mol. The Morgan fingerprint density at radius 1 is 1.19 bits per heavy atom. The lowest BCUT2D eigenvalue weighted by atomic mass is 9.70. The quantitative estimate of drug-likeness (QED) is 0.721. The van der Waals surface area contributed by atoms with Gasteiger partial charge in [-0.3, -0.25) is 0 Å². The number of aromatic nitrogens is 2. The summed E-state index contributed by atoms with van der Waals surface area (Å²) in [4.78, 5) is 0. The summed E-state index contributed by atoms with van der Waals surface area (Å²) in [5, 5.41) is 8.08. The van der Waals surface area contributed by atoms with Crippen LogP contribution in [0, 0.1) is 17.3 Å². The highest BCUT2D eigenvalue weighted by atomic mass is 15.1. The minimum Gasteiger partial charge on any atom is -0.159 e. The topological polar surface area (TPSA) is 25.8 Å². The van der Waals surface area contributed by atoms with Crippen molar-refractivity contribution in [1.29, 1.82) is 0 Å². The molecule has 0 aromatic carbocycles. The number of hydrogen-bond donors (Lipinski definition) is 0. The zero-order chi connectivity index (χ0) is 11.9. The normalized spacial score (nSPS) is 24.9. The summed E-state index contributed by atoms with van der Waals surface area (Å²) < 4.78 is 0. The van der Waals surface area contributed by atoms with Crippen molar-refractivity contribution in [1.82, 2.24) is 10.2 Å². The van der Waals surface area contributed by atoms with Crippen molar-refractivity contribution in [2.45, 2.75) is 47.0 Å². The third kappa shape index (κ3) is 1.85. The second kappa shape index (κ2) is 3.83.